The van der Waals surface area contributed by atoms with Crippen LogP contribution in [0.4, 0.5) is 14.9 Å². The molecule has 4 nitrogen and oxygen atoms in total. The number of carbonyl (C=O) groups is 1. The molecule has 0 unspecified atom stereocenters. The molecule has 2 amide bonds. The van der Waals surface area contributed by atoms with Gasteiger partial charge in [0.05, 0.1) is 12.7 Å². The van der Waals surface area contributed by atoms with E-state index >= 15 is 0 Å². The minimum atomic E-state index is -0.329. The number of nitrogens with one attached hydrogen (secondary N) is 2. The lowest BCUT2D eigenvalue weighted by Gasteiger charge is -2.11. The van der Waals surface area contributed by atoms with Gasteiger partial charge >= 0.3 is 6.03 Å². The predicted octanol–water partition coefficient (Wildman–Crippen LogP) is 4.38. The molecule has 0 fully saturated rings. The van der Waals surface area contributed by atoms with Gasteiger partial charge in [0.15, 0.2) is 0 Å². The maximum Gasteiger partial charge on any atom is 0.319 e. The summed E-state index contributed by atoms with van der Waals surface area (Å²) in [5.74, 6) is -0.290. The van der Waals surface area contributed by atoms with E-state index in [0.717, 1.165) is 11.1 Å². The van der Waals surface area contributed by atoms with Crippen molar-refractivity contribution in [3.8, 4) is 0 Å². The molecule has 0 saturated carbocycles. The maximum atomic E-state index is 13.2. The molecular formula is C19H23FN2O2. The zero-order valence-electron chi connectivity index (χ0n) is 14.2. The Balaban J connectivity index is 1.87. The fraction of sp³-hybridized carbons (Fsp3) is 0.316. The molecular weight excluding hydrogens is 307 g/mol. The van der Waals surface area contributed by atoms with Gasteiger partial charge in [-0.2, -0.15) is 0 Å². The maximum absolute atomic E-state index is 13.2. The van der Waals surface area contributed by atoms with Crippen LogP contribution < -0.4 is 10.6 Å². The molecule has 0 saturated heterocycles. The normalized spacial score (nSPS) is 10.7. The third kappa shape index (κ3) is 5.66. The predicted molar refractivity (Wildman–Crippen MR) is 93.4 cm³/mol. The Bertz CT molecular complexity index is 702. The van der Waals surface area contributed by atoms with E-state index in [2.05, 4.69) is 10.6 Å². The monoisotopic (exact) mass is 330 g/mol. The van der Waals surface area contributed by atoms with Crippen LogP contribution in [0.3, 0.4) is 0 Å². The molecule has 0 spiro atoms. The van der Waals surface area contributed by atoms with Crippen molar-refractivity contribution in [2.45, 2.75) is 40.0 Å². The number of ether oxygens (including phenoxy) is 1. The fourth-order valence-electron chi connectivity index (χ4n) is 2.17. The van der Waals surface area contributed by atoms with Crippen molar-refractivity contribution in [3.63, 3.8) is 0 Å². The molecule has 2 aromatic rings. The molecule has 2 N–H and O–H groups in total. The standard InChI is InChI=1S/C19H23FN2O2/c1-13(2)24-12-16-6-4-5-15(10-16)11-21-19(23)22-17-7-8-18(20)14(3)9-17/h4-10,13H,11-12H2,1-3H3,(H2,21,22,23). The molecule has 0 bridgehead atoms. The summed E-state index contributed by atoms with van der Waals surface area (Å²) in [5.41, 5.74) is 3.11. The van der Waals surface area contributed by atoms with E-state index in [9.17, 15) is 9.18 Å². The fourth-order valence-corrected chi connectivity index (χ4v) is 2.17. The Labute approximate surface area is 142 Å². The number of urea groups is 1. The summed E-state index contributed by atoms with van der Waals surface area (Å²) in [6.45, 7) is 6.59. The van der Waals surface area contributed by atoms with E-state index in [1.165, 1.54) is 12.1 Å². The lowest BCUT2D eigenvalue weighted by molar-refractivity contribution is 0.0657. The molecule has 0 heterocycles. The number of benzene rings is 2. The number of amides is 2. The van der Waals surface area contributed by atoms with Gasteiger partial charge in [0.1, 0.15) is 5.82 Å². The zero-order valence-corrected chi connectivity index (χ0v) is 14.2. The Kier molecular flexibility index (Phi) is 6.32. The Hall–Kier alpha value is -2.40. The first-order valence-corrected chi connectivity index (χ1v) is 7.94. The highest BCUT2D eigenvalue weighted by Crippen LogP contribution is 2.13. The summed E-state index contributed by atoms with van der Waals surface area (Å²) < 4.78 is 18.8. The SMILES string of the molecule is Cc1cc(NC(=O)NCc2cccc(COC(C)C)c2)ccc1F. The van der Waals surface area contributed by atoms with Crippen LogP contribution in [0.1, 0.15) is 30.5 Å². The second-order valence-electron chi connectivity index (χ2n) is 5.95. The van der Waals surface area contributed by atoms with E-state index in [0.29, 0.717) is 24.4 Å². The molecule has 128 valence electrons. The van der Waals surface area contributed by atoms with Crippen molar-refractivity contribution in [1.29, 1.82) is 0 Å². The lowest BCUT2D eigenvalue weighted by atomic mass is 10.1. The quantitative estimate of drug-likeness (QED) is 0.826. The number of anilines is 1. The Morgan fingerprint density at radius 1 is 1.17 bits per heavy atom. The van der Waals surface area contributed by atoms with Crippen LogP contribution in [-0.4, -0.2) is 12.1 Å². The van der Waals surface area contributed by atoms with Crippen LogP contribution in [0.5, 0.6) is 0 Å². The largest absolute Gasteiger partial charge is 0.374 e. The topological polar surface area (TPSA) is 50.4 Å². The summed E-state index contributed by atoms with van der Waals surface area (Å²) in [7, 11) is 0. The van der Waals surface area contributed by atoms with Crippen molar-refractivity contribution < 1.29 is 13.9 Å². The van der Waals surface area contributed by atoms with Gasteiger partial charge in [-0.05, 0) is 55.7 Å². The van der Waals surface area contributed by atoms with Crippen LogP contribution in [0.25, 0.3) is 0 Å². The molecule has 24 heavy (non-hydrogen) atoms. The lowest BCUT2D eigenvalue weighted by Crippen LogP contribution is -2.28. The van der Waals surface area contributed by atoms with Crippen molar-refractivity contribution in [3.05, 3.63) is 65.0 Å². The van der Waals surface area contributed by atoms with Crippen molar-refractivity contribution in [2.75, 3.05) is 5.32 Å². The van der Waals surface area contributed by atoms with E-state index in [1.54, 1.807) is 13.0 Å². The Morgan fingerprint density at radius 3 is 2.62 bits per heavy atom. The number of halogens is 1. The van der Waals surface area contributed by atoms with Crippen LogP contribution in [0.2, 0.25) is 0 Å². The number of hydrogen-bond acceptors (Lipinski definition) is 2. The highest BCUT2D eigenvalue weighted by molar-refractivity contribution is 5.89. The van der Waals surface area contributed by atoms with Crippen LogP contribution in [0.15, 0.2) is 42.5 Å². The van der Waals surface area contributed by atoms with E-state index in [1.807, 2.05) is 38.1 Å². The van der Waals surface area contributed by atoms with Gasteiger partial charge in [0.25, 0.3) is 0 Å². The number of hydrogen-bond donors (Lipinski definition) is 2. The van der Waals surface area contributed by atoms with Gasteiger partial charge in [-0.3, -0.25) is 0 Å². The minimum Gasteiger partial charge on any atom is -0.374 e. The molecule has 2 aromatic carbocycles. The molecule has 2 rings (SSSR count). The molecule has 0 aliphatic carbocycles. The Morgan fingerprint density at radius 2 is 1.92 bits per heavy atom. The summed E-state index contributed by atoms with van der Waals surface area (Å²) >= 11 is 0. The van der Waals surface area contributed by atoms with Crippen molar-refractivity contribution in [1.82, 2.24) is 5.32 Å². The highest BCUT2D eigenvalue weighted by Gasteiger charge is 2.05. The molecule has 0 aromatic heterocycles. The molecule has 0 aliphatic rings. The average Bonchev–Trinajstić information content (AvgIpc) is 2.55. The van der Waals surface area contributed by atoms with Gasteiger partial charge < -0.3 is 15.4 Å². The first-order valence-electron chi connectivity index (χ1n) is 7.94. The van der Waals surface area contributed by atoms with Crippen molar-refractivity contribution >= 4 is 11.7 Å². The summed E-state index contributed by atoms with van der Waals surface area (Å²) in [5, 5.41) is 5.48. The molecule has 0 atom stereocenters. The van der Waals surface area contributed by atoms with Gasteiger partial charge in [0.2, 0.25) is 0 Å². The van der Waals surface area contributed by atoms with E-state index in [4.69, 9.17) is 4.74 Å². The summed E-state index contributed by atoms with van der Waals surface area (Å²) in [4.78, 5) is 11.9. The van der Waals surface area contributed by atoms with Crippen molar-refractivity contribution in [2.24, 2.45) is 0 Å². The second-order valence-corrected chi connectivity index (χ2v) is 5.95. The highest BCUT2D eigenvalue weighted by atomic mass is 19.1. The van der Waals surface area contributed by atoms with E-state index in [-0.39, 0.29) is 18.0 Å². The van der Waals surface area contributed by atoms with Crippen LogP contribution in [-0.2, 0) is 17.9 Å². The number of aryl methyl sites for hydroxylation is 1. The summed E-state index contributed by atoms with van der Waals surface area (Å²) in [6.07, 6.45) is 0.178. The van der Waals surface area contributed by atoms with Crippen LogP contribution >= 0.6 is 0 Å². The summed E-state index contributed by atoms with van der Waals surface area (Å²) in [6, 6.07) is 12.0. The third-order valence-electron chi connectivity index (χ3n) is 3.44. The third-order valence-corrected chi connectivity index (χ3v) is 3.44. The van der Waals surface area contributed by atoms with Gasteiger partial charge in [-0.25, -0.2) is 9.18 Å². The van der Waals surface area contributed by atoms with Crippen LogP contribution in [0, 0.1) is 12.7 Å². The molecule has 0 aliphatic heterocycles. The van der Waals surface area contributed by atoms with Gasteiger partial charge in [-0.1, -0.05) is 24.3 Å². The zero-order chi connectivity index (χ0) is 17.5. The average molecular weight is 330 g/mol. The number of rotatable bonds is 6. The minimum absolute atomic E-state index is 0.178. The molecule has 5 heteroatoms. The van der Waals surface area contributed by atoms with Gasteiger partial charge in [-0.15, -0.1) is 0 Å². The smallest absolute Gasteiger partial charge is 0.319 e. The molecule has 0 radical (unpaired) electrons. The second kappa shape index (κ2) is 8.45. The number of carbonyl (C=O) groups excluding carboxylic acids is 1. The van der Waals surface area contributed by atoms with E-state index < -0.39 is 0 Å². The first kappa shape index (κ1) is 17.9. The first-order chi connectivity index (χ1) is 11.4. The van der Waals surface area contributed by atoms with Gasteiger partial charge in [0, 0.05) is 12.2 Å².